The highest BCUT2D eigenvalue weighted by Gasteiger charge is 2.22. The van der Waals surface area contributed by atoms with Crippen molar-refractivity contribution in [3.63, 3.8) is 0 Å². The van der Waals surface area contributed by atoms with E-state index in [1.54, 1.807) is 0 Å². The zero-order chi connectivity index (χ0) is 11.1. The van der Waals surface area contributed by atoms with Crippen LogP contribution in [0.15, 0.2) is 0 Å². The van der Waals surface area contributed by atoms with Crippen molar-refractivity contribution in [2.75, 3.05) is 26.3 Å². The summed E-state index contributed by atoms with van der Waals surface area (Å²) in [5.41, 5.74) is 0. The maximum Gasteiger partial charge on any atom is 0.234 e. The van der Waals surface area contributed by atoms with Gasteiger partial charge in [0.1, 0.15) is 0 Å². The molecule has 0 aromatic carbocycles. The average molecular weight is 216 g/mol. The monoisotopic (exact) mass is 216 g/mol. The van der Waals surface area contributed by atoms with Gasteiger partial charge in [-0.05, 0) is 19.8 Å². The minimum atomic E-state index is -0.543. The molecule has 5 heteroatoms. The molecular formula is C10H20N2O3. The Labute approximate surface area is 90.2 Å². The molecule has 1 atom stereocenters. The van der Waals surface area contributed by atoms with Gasteiger partial charge in [0.05, 0.1) is 19.3 Å². The molecule has 1 fully saturated rings. The van der Waals surface area contributed by atoms with Crippen molar-refractivity contribution < 1.29 is 14.6 Å². The Balaban J connectivity index is 1.92. The fraction of sp³-hybridized carbons (Fsp3) is 0.900. The molecule has 3 N–H and O–H groups in total. The van der Waals surface area contributed by atoms with E-state index in [-0.39, 0.29) is 12.5 Å². The second-order valence-electron chi connectivity index (χ2n) is 3.79. The first-order valence-electron chi connectivity index (χ1n) is 5.48. The van der Waals surface area contributed by atoms with Crippen molar-refractivity contribution in [1.29, 1.82) is 0 Å². The van der Waals surface area contributed by atoms with Gasteiger partial charge in [-0.2, -0.15) is 0 Å². The van der Waals surface area contributed by atoms with E-state index in [1.165, 1.54) is 0 Å². The SMILES string of the molecule is CCOCC(O)CNCC(=O)NC1CC1. The van der Waals surface area contributed by atoms with Crippen LogP contribution in [0.4, 0.5) is 0 Å². The van der Waals surface area contributed by atoms with Gasteiger partial charge in [0, 0.05) is 19.2 Å². The van der Waals surface area contributed by atoms with Gasteiger partial charge >= 0.3 is 0 Å². The lowest BCUT2D eigenvalue weighted by atomic mass is 10.3. The molecule has 5 nitrogen and oxygen atoms in total. The first kappa shape index (κ1) is 12.4. The molecule has 0 aromatic rings. The van der Waals surface area contributed by atoms with E-state index < -0.39 is 6.10 Å². The van der Waals surface area contributed by atoms with Crippen molar-refractivity contribution in [2.45, 2.75) is 31.9 Å². The zero-order valence-corrected chi connectivity index (χ0v) is 9.16. The minimum absolute atomic E-state index is 0.00103. The van der Waals surface area contributed by atoms with Gasteiger partial charge in [-0.1, -0.05) is 0 Å². The fourth-order valence-electron chi connectivity index (χ4n) is 1.17. The van der Waals surface area contributed by atoms with E-state index in [0.717, 1.165) is 12.8 Å². The molecule has 0 aromatic heterocycles. The van der Waals surface area contributed by atoms with E-state index in [2.05, 4.69) is 10.6 Å². The Morgan fingerprint density at radius 3 is 2.93 bits per heavy atom. The lowest BCUT2D eigenvalue weighted by molar-refractivity contribution is -0.120. The number of carbonyl (C=O) groups excluding carboxylic acids is 1. The summed E-state index contributed by atoms with van der Waals surface area (Å²) in [6.45, 7) is 3.44. The van der Waals surface area contributed by atoms with E-state index in [9.17, 15) is 9.90 Å². The molecule has 0 heterocycles. The minimum Gasteiger partial charge on any atom is -0.389 e. The largest absolute Gasteiger partial charge is 0.389 e. The van der Waals surface area contributed by atoms with Gasteiger partial charge < -0.3 is 20.5 Å². The molecule has 15 heavy (non-hydrogen) atoms. The average Bonchev–Trinajstić information content (AvgIpc) is 2.98. The summed E-state index contributed by atoms with van der Waals surface area (Å²) in [5.74, 6) is 0.00103. The number of ether oxygens (including phenoxy) is 1. The molecule has 1 saturated carbocycles. The van der Waals surface area contributed by atoms with E-state index in [1.807, 2.05) is 6.92 Å². The summed E-state index contributed by atoms with van der Waals surface area (Å²) < 4.78 is 5.04. The number of carbonyl (C=O) groups is 1. The van der Waals surface area contributed by atoms with Gasteiger partial charge in [0.25, 0.3) is 0 Å². The van der Waals surface area contributed by atoms with Crippen molar-refractivity contribution in [1.82, 2.24) is 10.6 Å². The highest BCUT2D eigenvalue weighted by molar-refractivity contribution is 5.78. The van der Waals surface area contributed by atoms with Crippen molar-refractivity contribution in [2.24, 2.45) is 0 Å². The summed E-state index contributed by atoms with van der Waals surface area (Å²) in [5, 5.41) is 15.1. The van der Waals surface area contributed by atoms with Gasteiger partial charge in [-0.15, -0.1) is 0 Å². The molecule has 0 spiro atoms. The molecule has 0 aliphatic heterocycles. The van der Waals surface area contributed by atoms with Crippen LogP contribution in [0.2, 0.25) is 0 Å². The standard InChI is InChI=1S/C10H20N2O3/c1-2-15-7-9(13)5-11-6-10(14)12-8-3-4-8/h8-9,11,13H,2-7H2,1H3,(H,12,14). The topological polar surface area (TPSA) is 70.6 Å². The second-order valence-corrected chi connectivity index (χ2v) is 3.79. The maximum atomic E-state index is 11.2. The van der Waals surface area contributed by atoms with Crippen LogP contribution in [-0.4, -0.2) is 49.5 Å². The predicted octanol–water partition coefficient (Wildman–Crippen LogP) is -0.748. The summed E-state index contributed by atoms with van der Waals surface area (Å²) in [4.78, 5) is 11.2. The first-order chi connectivity index (χ1) is 7.22. The first-order valence-corrected chi connectivity index (χ1v) is 5.48. The third kappa shape index (κ3) is 6.43. The molecule has 1 amide bonds. The van der Waals surface area contributed by atoms with Crippen LogP contribution in [0, 0.1) is 0 Å². The fourth-order valence-corrected chi connectivity index (χ4v) is 1.17. The van der Waals surface area contributed by atoms with E-state index in [4.69, 9.17) is 4.74 Å². The molecule has 88 valence electrons. The van der Waals surface area contributed by atoms with Crippen molar-refractivity contribution >= 4 is 5.91 Å². The Morgan fingerprint density at radius 1 is 1.60 bits per heavy atom. The van der Waals surface area contributed by atoms with E-state index >= 15 is 0 Å². The van der Waals surface area contributed by atoms with Gasteiger partial charge in [0.15, 0.2) is 0 Å². The molecule has 0 bridgehead atoms. The summed E-state index contributed by atoms with van der Waals surface area (Å²) in [7, 11) is 0. The molecule has 1 aliphatic rings. The summed E-state index contributed by atoms with van der Waals surface area (Å²) >= 11 is 0. The Morgan fingerprint density at radius 2 is 2.33 bits per heavy atom. The van der Waals surface area contributed by atoms with Gasteiger partial charge in [0.2, 0.25) is 5.91 Å². The van der Waals surface area contributed by atoms with Crippen LogP contribution in [0.1, 0.15) is 19.8 Å². The summed E-state index contributed by atoms with van der Waals surface area (Å²) in [6.07, 6.45) is 1.65. The van der Waals surface area contributed by atoms with E-state index in [0.29, 0.717) is 25.8 Å². The highest BCUT2D eigenvalue weighted by atomic mass is 16.5. The van der Waals surface area contributed by atoms with Crippen LogP contribution in [-0.2, 0) is 9.53 Å². The van der Waals surface area contributed by atoms with Crippen LogP contribution in [0.25, 0.3) is 0 Å². The number of nitrogens with one attached hydrogen (secondary N) is 2. The molecular weight excluding hydrogens is 196 g/mol. The molecule has 1 rings (SSSR count). The molecule has 1 aliphatic carbocycles. The number of hydrogen-bond donors (Lipinski definition) is 3. The number of hydrogen-bond acceptors (Lipinski definition) is 4. The number of aliphatic hydroxyl groups is 1. The molecule has 1 unspecified atom stereocenters. The van der Waals surface area contributed by atoms with Crippen molar-refractivity contribution in [3.05, 3.63) is 0 Å². The third-order valence-electron chi connectivity index (χ3n) is 2.12. The van der Waals surface area contributed by atoms with Crippen molar-refractivity contribution in [3.8, 4) is 0 Å². The Hall–Kier alpha value is -0.650. The van der Waals surface area contributed by atoms with Crippen LogP contribution in [0.5, 0.6) is 0 Å². The lowest BCUT2D eigenvalue weighted by Crippen LogP contribution is -2.39. The number of aliphatic hydroxyl groups excluding tert-OH is 1. The normalized spacial score (nSPS) is 17.5. The lowest BCUT2D eigenvalue weighted by Gasteiger charge is -2.11. The number of amides is 1. The Bertz CT molecular complexity index is 195. The quantitative estimate of drug-likeness (QED) is 0.499. The summed E-state index contributed by atoms with van der Waals surface area (Å²) in [6, 6.07) is 0.396. The highest BCUT2D eigenvalue weighted by Crippen LogP contribution is 2.18. The third-order valence-corrected chi connectivity index (χ3v) is 2.12. The molecule has 0 saturated heterocycles. The Kier molecular flexibility index (Phi) is 5.60. The van der Waals surface area contributed by atoms with Crippen LogP contribution < -0.4 is 10.6 Å². The smallest absolute Gasteiger partial charge is 0.234 e. The van der Waals surface area contributed by atoms with Crippen LogP contribution >= 0.6 is 0 Å². The zero-order valence-electron chi connectivity index (χ0n) is 9.16. The van der Waals surface area contributed by atoms with Gasteiger partial charge in [-0.3, -0.25) is 4.79 Å². The maximum absolute atomic E-state index is 11.2. The molecule has 0 radical (unpaired) electrons. The van der Waals surface area contributed by atoms with Crippen LogP contribution in [0.3, 0.4) is 0 Å². The number of rotatable bonds is 8. The predicted molar refractivity (Wildman–Crippen MR) is 56.5 cm³/mol. The van der Waals surface area contributed by atoms with Gasteiger partial charge in [-0.25, -0.2) is 0 Å². The second kappa shape index (κ2) is 6.76.